The Kier molecular flexibility index (Phi) is 4.67. The first-order valence-electron chi connectivity index (χ1n) is 8.37. The molecule has 0 atom stereocenters. The number of nitrogens with zero attached hydrogens (tertiary/aromatic N) is 2. The number of fused-ring (bicyclic) bond motifs is 1. The molecule has 2 amide bonds. The van der Waals surface area contributed by atoms with Crippen molar-refractivity contribution in [2.45, 2.75) is 6.54 Å². The molecule has 7 heteroatoms. The van der Waals surface area contributed by atoms with Crippen molar-refractivity contribution in [1.82, 2.24) is 9.97 Å². The van der Waals surface area contributed by atoms with E-state index in [-0.39, 0.29) is 0 Å². The van der Waals surface area contributed by atoms with Crippen LogP contribution in [0.4, 0.5) is 16.3 Å². The van der Waals surface area contributed by atoms with Crippen LogP contribution < -0.4 is 16.4 Å². The molecule has 6 nitrogen and oxygen atoms in total. The summed E-state index contributed by atoms with van der Waals surface area (Å²) in [6.45, 7) is 0.604. The predicted octanol–water partition coefficient (Wildman–Crippen LogP) is 4.46. The van der Waals surface area contributed by atoms with Gasteiger partial charge in [0, 0.05) is 23.2 Å². The molecule has 0 unspecified atom stereocenters. The lowest BCUT2D eigenvalue weighted by atomic mass is 10.1. The molecule has 0 saturated carbocycles. The highest BCUT2D eigenvalue weighted by atomic mass is 32.1. The maximum Gasteiger partial charge on any atom is 0.316 e. The number of urea groups is 1. The van der Waals surface area contributed by atoms with Gasteiger partial charge >= 0.3 is 6.03 Å². The SMILES string of the molecule is NC(=O)Nc1ccc(CNc2ncnc3scc(-c4ccccc4)c23)cc1. The number of aromatic nitrogens is 2. The Morgan fingerprint density at radius 3 is 2.56 bits per heavy atom. The summed E-state index contributed by atoms with van der Waals surface area (Å²) in [5, 5.41) is 9.10. The van der Waals surface area contributed by atoms with Crippen LogP contribution in [0.3, 0.4) is 0 Å². The molecule has 0 saturated heterocycles. The fraction of sp³-hybridized carbons (Fsp3) is 0.0500. The summed E-state index contributed by atoms with van der Waals surface area (Å²) in [7, 11) is 0. The fourth-order valence-electron chi connectivity index (χ4n) is 2.87. The number of benzene rings is 2. The third kappa shape index (κ3) is 3.73. The van der Waals surface area contributed by atoms with Crippen LogP contribution in [-0.2, 0) is 6.54 Å². The summed E-state index contributed by atoms with van der Waals surface area (Å²) < 4.78 is 0. The molecular weight excluding hydrogens is 358 g/mol. The highest BCUT2D eigenvalue weighted by Crippen LogP contribution is 2.36. The Bertz CT molecular complexity index is 1080. The van der Waals surface area contributed by atoms with Crippen molar-refractivity contribution in [3.63, 3.8) is 0 Å². The molecule has 0 spiro atoms. The van der Waals surface area contributed by atoms with Gasteiger partial charge in [0.2, 0.25) is 0 Å². The zero-order valence-corrected chi connectivity index (χ0v) is 15.2. The number of thiophene rings is 1. The number of carbonyl (C=O) groups excluding carboxylic acids is 1. The largest absolute Gasteiger partial charge is 0.365 e. The Morgan fingerprint density at radius 2 is 1.81 bits per heavy atom. The van der Waals surface area contributed by atoms with Crippen LogP contribution in [0.15, 0.2) is 66.3 Å². The molecule has 0 radical (unpaired) electrons. The average Bonchev–Trinajstić information content (AvgIpc) is 3.12. The second kappa shape index (κ2) is 7.43. The van der Waals surface area contributed by atoms with Gasteiger partial charge in [-0.1, -0.05) is 42.5 Å². The summed E-state index contributed by atoms with van der Waals surface area (Å²) in [5.41, 5.74) is 9.12. The van der Waals surface area contributed by atoms with Gasteiger partial charge in [-0.05, 0) is 23.3 Å². The molecule has 0 aliphatic rings. The van der Waals surface area contributed by atoms with Crippen LogP contribution in [0.5, 0.6) is 0 Å². The van der Waals surface area contributed by atoms with E-state index in [0.717, 1.165) is 32.7 Å². The quantitative estimate of drug-likeness (QED) is 0.480. The summed E-state index contributed by atoms with van der Waals surface area (Å²) in [6.07, 6.45) is 1.58. The molecule has 134 valence electrons. The van der Waals surface area contributed by atoms with E-state index in [0.29, 0.717) is 12.2 Å². The number of primary amides is 1. The number of amides is 2. The summed E-state index contributed by atoms with van der Waals surface area (Å²) >= 11 is 1.61. The summed E-state index contributed by atoms with van der Waals surface area (Å²) in [4.78, 5) is 20.7. The molecule has 0 aliphatic carbocycles. The minimum absolute atomic E-state index is 0.574. The lowest BCUT2D eigenvalue weighted by Crippen LogP contribution is -2.19. The number of rotatable bonds is 5. The van der Waals surface area contributed by atoms with Gasteiger partial charge < -0.3 is 16.4 Å². The zero-order chi connectivity index (χ0) is 18.6. The predicted molar refractivity (Wildman–Crippen MR) is 110 cm³/mol. The van der Waals surface area contributed by atoms with Gasteiger partial charge in [0.05, 0.1) is 5.39 Å². The van der Waals surface area contributed by atoms with Crippen LogP contribution in [-0.4, -0.2) is 16.0 Å². The van der Waals surface area contributed by atoms with Gasteiger partial charge in [-0.2, -0.15) is 0 Å². The van der Waals surface area contributed by atoms with Crippen molar-refractivity contribution in [3.05, 3.63) is 71.9 Å². The van der Waals surface area contributed by atoms with Gasteiger partial charge in [0.25, 0.3) is 0 Å². The Labute approximate surface area is 160 Å². The van der Waals surface area contributed by atoms with E-state index in [1.807, 2.05) is 42.5 Å². The monoisotopic (exact) mass is 375 g/mol. The molecule has 2 heterocycles. The number of nitrogens with two attached hydrogens (primary N) is 1. The van der Waals surface area contributed by atoms with E-state index in [2.05, 4.69) is 38.1 Å². The standard InChI is InChI=1S/C20H17N5OS/c21-20(26)25-15-8-6-13(7-9-15)10-22-18-17-16(14-4-2-1-3-5-14)11-27-19(17)24-12-23-18/h1-9,11-12H,10H2,(H3,21,25,26)(H,22,23,24). The van der Waals surface area contributed by atoms with E-state index in [4.69, 9.17) is 5.73 Å². The van der Waals surface area contributed by atoms with Crippen LogP contribution in [0.2, 0.25) is 0 Å². The maximum atomic E-state index is 10.9. The lowest BCUT2D eigenvalue weighted by molar-refractivity contribution is 0.259. The fourth-order valence-corrected chi connectivity index (χ4v) is 3.79. The molecule has 0 fully saturated rings. The van der Waals surface area contributed by atoms with Gasteiger partial charge in [0.1, 0.15) is 17.0 Å². The Balaban J connectivity index is 1.59. The van der Waals surface area contributed by atoms with Crippen molar-refractivity contribution in [3.8, 4) is 11.1 Å². The van der Waals surface area contributed by atoms with E-state index in [1.54, 1.807) is 17.7 Å². The first-order valence-corrected chi connectivity index (χ1v) is 9.25. The molecule has 27 heavy (non-hydrogen) atoms. The highest BCUT2D eigenvalue weighted by molar-refractivity contribution is 7.17. The number of carbonyl (C=O) groups is 1. The molecule has 2 aromatic heterocycles. The van der Waals surface area contributed by atoms with E-state index in [9.17, 15) is 4.79 Å². The number of hydrogen-bond donors (Lipinski definition) is 3. The van der Waals surface area contributed by atoms with Crippen molar-refractivity contribution in [2.75, 3.05) is 10.6 Å². The lowest BCUT2D eigenvalue weighted by Gasteiger charge is -2.09. The molecule has 0 aliphatic heterocycles. The number of nitrogens with one attached hydrogen (secondary N) is 2. The van der Waals surface area contributed by atoms with Gasteiger partial charge in [-0.3, -0.25) is 0 Å². The third-order valence-corrected chi connectivity index (χ3v) is 5.02. The molecule has 4 aromatic rings. The van der Waals surface area contributed by atoms with Gasteiger partial charge in [-0.25, -0.2) is 14.8 Å². The normalized spacial score (nSPS) is 10.7. The van der Waals surface area contributed by atoms with E-state index in [1.165, 1.54) is 0 Å². The van der Waals surface area contributed by atoms with Crippen molar-refractivity contribution in [1.29, 1.82) is 0 Å². The topological polar surface area (TPSA) is 92.9 Å². The Hall–Kier alpha value is -3.45. The van der Waals surface area contributed by atoms with Crippen LogP contribution >= 0.6 is 11.3 Å². The third-order valence-electron chi connectivity index (χ3n) is 4.14. The summed E-state index contributed by atoms with van der Waals surface area (Å²) in [6, 6.07) is 17.2. The Morgan fingerprint density at radius 1 is 1.04 bits per heavy atom. The van der Waals surface area contributed by atoms with Crippen LogP contribution in [0, 0.1) is 0 Å². The highest BCUT2D eigenvalue weighted by Gasteiger charge is 2.12. The zero-order valence-electron chi connectivity index (χ0n) is 14.3. The second-order valence-corrected chi connectivity index (χ2v) is 6.82. The van der Waals surface area contributed by atoms with Gasteiger partial charge in [-0.15, -0.1) is 11.3 Å². The average molecular weight is 375 g/mol. The molecule has 2 aromatic carbocycles. The van der Waals surface area contributed by atoms with Crippen molar-refractivity contribution in [2.24, 2.45) is 5.73 Å². The maximum absolute atomic E-state index is 10.9. The smallest absolute Gasteiger partial charge is 0.316 e. The van der Waals surface area contributed by atoms with E-state index < -0.39 is 6.03 Å². The number of hydrogen-bond acceptors (Lipinski definition) is 5. The number of anilines is 2. The molecule has 4 rings (SSSR count). The van der Waals surface area contributed by atoms with Crippen molar-refractivity contribution >= 4 is 39.1 Å². The first-order chi connectivity index (χ1) is 13.2. The van der Waals surface area contributed by atoms with Gasteiger partial charge in [0.15, 0.2) is 0 Å². The van der Waals surface area contributed by atoms with Crippen LogP contribution in [0.25, 0.3) is 21.3 Å². The molecule has 4 N–H and O–H groups in total. The molecular formula is C20H17N5OS. The molecule has 0 bridgehead atoms. The minimum Gasteiger partial charge on any atom is -0.365 e. The summed E-state index contributed by atoms with van der Waals surface area (Å²) in [5.74, 6) is 0.805. The first kappa shape index (κ1) is 17.0. The van der Waals surface area contributed by atoms with E-state index >= 15 is 0 Å². The van der Waals surface area contributed by atoms with Crippen LogP contribution in [0.1, 0.15) is 5.56 Å². The second-order valence-electron chi connectivity index (χ2n) is 5.96. The minimum atomic E-state index is -0.574. The van der Waals surface area contributed by atoms with Crippen molar-refractivity contribution < 1.29 is 4.79 Å².